The summed E-state index contributed by atoms with van der Waals surface area (Å²) in [4.78, 5) is 0. The predicted octanol–water partition coefficient (Wildman–Crippen LogP) is 3.79. The van der Waals surface area contributed by atoms with E-state index < -0.39 is 0 Å². The summed E-state index contributed by atoms with van der Waals surface area (Å²) in [5.41, 5.74) is 2.16. The fraction of sp³-hybridized carbons (Fsp3) is 0. The van der Waals surface area contributed by atoms with E-state index in [0.29, 0.717) is 11.1 Å². The molecule has 2 heteroatoms. The second-order valence-corrected chi connectivity index (χ2v) is 3.40. The summed E-state index contributed by atoms with van der Waals surface area (Å²) >= 11 is 0. The second-order valence-electron chi connectivity index (χ2n) is 3.40. The van der Waals surface area contributed by atoms with Crippen molar-refractivity contribution in [1.82, 2.24) is 0 Å². The predicted molar refractivity (Wildman–Crippen MR) is 73.1 cm³/mol. The van der Waals surface area contributed by atoms with Gasteiger partial charge < -0.3 is 0 Å². The van der Waals surface area contributed by atoms with Crippen LogP contribution in [0.3, 0.4) is 0 Å². The first kappa shape index (κ1) is 13.2. The highest BCUT2D eigenvalue weighted by Crippen LogP contribution is 2.27. The molecular formula is C16H12N2. The van der Waals surface area contributed by atoms with Crippen LogP contribution >= 0.6 is 0 Å². The van der Waals surface area contributed by atoms with Gasteiger partial charge in [-0.2, -0.15) is 10.5 Å². The second kappa shape index (κ2) is 6.68. The van der Waals surface area contributed by atoms with E-state index in [1.165, 1.54) is 0 Å². The Labute approximate surface area is 107 Å². The molecule has 0 amide bonds. The van der Waals surface area contributed by atoms with Crippen LogP contribution in [0.2, 0.25) is 0 Å². The van der Waals surface area contributed by atoms with Gasteiger partial charge in [-0.15, -0.1) is 0 Å². The summed E-state index contributed by atoms with van der Waals surface area (Å²) in [5.74, 6) is 0. The quantitative estimate of drug-likeness (QED) is 0.585. The highest BCUT2D eigenvalue weighted by Gasteiger charge is 2.11. The van der Waals surface area contributed by atoms with Crippen molar-refractivity contribution in [2.45, 2.75) is 0 Å². The van der Waals surface area contributed by atoms with Gasteiger partial charge in [0.15, 0.2) is 0 Å². The molecule has 1 aromatic rings. The Morgan fingerprint density at radius 3 is 2.11 bits per heavy atom. The lowest BCUT2D eigenvalue weighted by atomic mass is 9.93. The average Bonchev–Trinajstić information content (AvgIpc) is 2.43. The summed E-state index contributed by atoms with van der Waals surface area (Å²) in [6, 6.07) is 13.1. The van der Waals surface area contributed by atoms with Gasteiger partial charge >= 0.3 is 0 Å². The molecule has 0 aliphatic heterocycles. The number of nitrogens with zero attached hydrogens (tertiary/aromatic N) is 2. The van der Waals surface area contributed by atoms with Crippen molar-refractivity contribution in [3.63, 3.8) is 0 Å². The minimum absolute atomic E-state index is 0.0641. The number of allylic oxidation sites excluding steroid dienone is 6. The molecule has 0 heterocycles. The Balaban J connectivity index is 3.59. The van der Waals surface area contributed by atoms with E-state index in [1.54, 1.807) is 18.2 Å². The van der Waals surface area contributed by atoms with Crippen LogP contribution in [-0.4, -0.2) is 0 Å². The molecule has 0 atom stereocenters. The zero-order chi connectivity index (χ0) is 13.4. The van der Waals surface area contributed by atoms with Crippen LogP contribution in [0.4, 0.5) is 0 Å². The first-order chi connectivity index (χ1) is 8.78. The summed E-state index contributed by atoms with van der Waals surface area (Å²) in [6.07, 6.45) is 4.94. The van der Waals surface area contributed by atoms with Gasteiger partial charge in [-0.3, -0.25) is 0 Å². The van der Waals surface area contributed by atoms with Crippen molar-refractivity contribution >= 4 is 5.57 Å². The number of nitriles is 2. The molecule has 86 valence electrons. The van der Waals surface area contributed by atoms with E-state index in [0.717, 1.165) is 5.56 Å². The van der Waals surface area contributed by atoms with Crippen LogP contribution in [0.15, 0.2) is 72.9 Å². The molecule has 1 rings (SSSR count). The van der Waals surface area contributed by atoms with E-state index in [9.17, 15) is 0 Å². The number of hydrogen-bond donors (Lipinski definition) is 0. The average molecular weight is 232 g/mol. The number of rotatable bonds is 4. The molecule has 0 fully saturated rings. The van der Waals surface area contributed by atoms with E-state index in [4.69, 9.17) is 10.5 Å². The molecule has 0 aliphatic carbocycles. The topological polar surface area (TPSA) is 47.6 Å². The standard InChI is InChI=1S/C16H12N2/c1-3-8-13(4-2)16(15(11-17)12-18)14-9-6-5-7-10-14/h3-10H,1-2H2/b13-8+. The van der Waals surface area contributed by atoms with Crippen LogP contribution in [0.5, 0.6) is 0 Å². The van der Waals surface area contributed by atoms with Crippen molar-refractivity contribution in [1.29, 1.82) is 10.5 Å². The Morgan fingerprint density at radius 2 is 1.67 bits per heavy atom. The van der Waals surface area contributed by atoms with Gasteiger partial charge in [-0.1, -0.05) is 61.7 Å². The maximum atomic E-state index is 9.05. The van der Waals surface area contributed by atoms with Gasteiger partial charge in [-0.25, -0.2) is 0 Å². The van der Waals surface area contributed by atoms with Gasteiger partial charge in [0.1, 0.15) is 17.7 Å². The van der Waals surface area contributed by atoms with Crippen molar-refractivity contribution in [2.75, 3.05) is 0 Å². The van der Waals surface area contributed by atoms with Gasteiger partial charge in [0.2, 0.25) is 0 Å². The lowest BCUT2D eigenvalue weighted by Crippen LogP contribution is -1.92. The maximum Gasteiger partial charge on any atom is 0.138 e. The molecule has 2 nitrogen and oxygen atoms in total. The number of hydrogen-bond acceptors (Lipinski definition) is 2. The van der Waals surface area contributed by atoms with E-state index in [-0.39, 0.29) is 5.57 Å². The summed E-state index contributed by atoms with van der Waals surface area (Å²) in [5, 5.41) is 18.1. The maximum absolute atomic E-state index is 9.05. The van der Waals surface area contributed by atoms with Crippen LogP contribution in [-0.2, 0) is 0 Å². The fourth-order valence-electron chi connectivity index (χ4n) is 1.58. The molecule has 1 aromatic carbocycles. The molecule has 0 aromatic heterocycles. The Hall–Kier alpha value is -2.84. The van der Waals surface area contributed by atoms with E-state index in [2.05, 4.69) is 13.2 Å². The summed E-state index contributed by atoms with van der Waals surface area (Å²) in [6.45, 7) is 7.33. The van der Waals surface area contributed by atoms with Gasteiger partial charge in [-0.05, 0) is 11.1 Å². The molecule has 0 unspecified atom stereocenters. The monoisotopic (exact) mass is 232 g/mol. The molecule has 0 aliphatic rings. The van der Waals surface area contributed by atoms with Gasteiger partial charge in [0, 0.05) is 5.57 Å². The third kappa shape index (κ3) is 2.84. The smallest absolute Gasteiger partial charge is 0.138 e. The minimum Gasteiger partial charge on any atom is -0.192 e. The first-order valence-corrected chi connectivity index (χ1v) is 5.34. The molecule has 0 saturated carbocycles. The third-order valence-corrected chi connectivity index (χ3v) is 2.34. The minimum atomic E-state index is 0.0641. The lowest BCUT2D eigenvalue weighted by Gasteiger charge is -2.08. The zero-order valence-corrected chi connectivity index (χ0v) is 9.93. The van der Waals surface area contributed by atoms with Crippen LogP contribution in [0.1, 0.15) is 5.56 Å². The highest BCUT2D eigenvalue weighted by molar-refractivity contribution is 5.88. The van der Waals surface area contributed by atoms with Crippen LogP contribution in [0, 0.1) is 22.7 Å². The van der Waals surface area contributed by atoms with Crippen molar-refractivity contribution in [2.24, 2.45) is 0 Å². The molecule has 0 saturated heterocycles. The number of benzene rings is 1. The summed E-state index contributed by atoms with van der Waals surface area (Å²) < 4.78 is 0. The first-order valence-electron chi connectivity index (χ1n) is 5.34. The normalized spacial score (nSPS) is 9.78. The van der Waals surface area contributed by atoms with Crippen molar-refractivity contribution in [3.05, 3.63) is 78.4 Å². The molecular weight excluding hydrogens is 220 g/mol. The fourth-order valence-corrected chi connectivity index (χ4v) is 1.58. The van der Waals surface area contributed by atoms with Crippen molar-refractivity contribution < 1.29 is 0 Å². The van der Waals surface area contributed by atoms with Crippen LogP contribution < -0.4 is 0 Å². The van der Waals surface area contributed by atoms with Gasteiger partial charge in [0.25, 0.3) is 0 Å². The zero-order valence-electron chi connectivity index (χ0n) is 9.93. The van der Waals surface area contributed by atoms with Crippen LogP contribution in [0.25, 0.3) is 5.57 Å². The summed E-state index contributed by atoms with van der Waals surface area (Å²) in [7, 11) is 0. The molecule has 0 bridgehead atoms. The third-order valence-electron chi connectivity index (χ3n) is 2.34. The molecule has 18 heavy (non-hydrogen) atoms. The van der Waals surface area contributed by atoms with E-state index in [1.807, 2.05) is 42.5 Å². The Kier molecular flexibility index (Phi) is 4.91. The molecule has 0 N–H and O–H groups in total. The Morgan fingerprint density at radius 1 is 1.06 bits per heavy atom. The molecule has 0 radical (unpaired) electrons. The SMILES string of the molecule is C=C/C=C(\C=C)C(=C(C#N)C#N)c1ccccc1. The van der Waals surface area contributed by atoms with Gasteiger partial charge in [0.05, 0.1) is 0 Å². The highest BCUT2D eigenvalue weighted by atomic mass is 14.3. The largest absolute Gasteiger partial charge is 0.192 e. The molecule has 0 spiro atoms. The van der Waals surface area contributed by atoms with Crippen molar-refractivity contribution in [3.8, 4) is 12.1 Å². The van der Waals surface area contributed by atoms with E-state index >= 15 is 0 Å². The lowest BCUT2D eigenvalue weighted by molar-refractivity contribution is 1.45. The Bertz CT molecular complexity index is 574.